The molecule has 502 valence electrons. The Bertz CT molecular complexity index is 3990. The fourth-order valence-electron chi connectivity index (χ4n) is 15.2. The smallest absolute Gasteiger partial charge is 0.160 e. The van der Waals surface area contributed by atoms with Gasteiger partial charge in [-0.1, -0.05) is 243 Å². The maximum atomic E-state index is 12.8. The lowest BCUT2D eigenvalue weighted by Gasteiger charge is -2.34. The number of carbonyl (C=O) groups excluding carboxylic acids is 2. The number of carbonyl (C=O) groups is 2. The number of rotatable bonds is 43. The summed E-state index contributed by atoms with van der Waals surface area (Å²) in [5, 5.41) is 0. The van der Waals surface area contributed by atoms with Crippen LogP contribution in [0.2, 0.25) is 0 Å². The third-order valence-corrected chi connectivity index (χ3v) is 27.7. The molecule has 2 aliphatic rings. The summed E-state index contributed by atoms with van der Waals surface area (Å²) in [6.45, 7) is 8.95. The highest BCUT2D eigenvalue weighted by Crippen LogP contribution is 2.72. The summed E-state index contributed by atoms with van der Waals surface area (Å²) >= 11 is 10.8. The second kappa shape index (κ2) is 33.8. The number of unbranched alkanes of at least 4 members (excludes halogenated alkanes) is 27. The van der Waals surface area contributed by atoms with Crippen LogP contribution in [0.5, 0.6) is 23.0 Å². The summed E-state index contributed by atoms with van der Waals surface area (Å²) < 4.78 is 32.9. The maximum absolute atomic E-state index is 12.8. The van der Waals surface area contributed by atoms with Crippen molar-refractivity contribution in [3.05, 3.63) is 163 Å². The van der Waals surface area contributed by atoms with E-state index in [4.69, 9.17) is 18.9 Å². The molecule has 10 aromatic rings. The second-order valence-corrected chi connectivity index (χ2v) is 33.0. The molecule has 6 aromatic heterocycles. The Morgan fingerprint density at radius 2 is 0.558 bits per heavy atom. The Hall–Kier alpha value is -5.60. The molecule has 0 amide bonds. The van der Waals surface area contributed by atoms with Gasteiger partial charge < -0.3 is 18.9 Å². The highest BCUT2D eigenvalue weighted by Gasteiger charge is 2.56. The lowest BCUT2D eigenvalue weighted by Crippen LogP contribution is -2.29. The number of hydrogen-bond donors (Lipinski definition) is 0. The third kappa shape index (κ3) is 14.8. The standard InChI is InChI=1S/C83H98O6S6/c1-5-8-11-14-17-20-23-26-29-32-51-87-63-45-37-59(38-46-63)82(58-35-43-62(86-4)44-36-58)70-74-68(54-66(56-84)90-74)92-76(70)78-72(82)80-81(94-78)73-79(95-80)77-71(75-69(93-77)55-67(57-85)91-75)83(73,60-39-47-64(48-40-60)88-52-33-30-27-24-21-18-15-12-9-6-2)61-41-49-65(50-42-61)89-53-34-31-28-25-22-19-16-13-10-7-3/h35-50,54-57H,5-34,51-53H2,1-4H3. The molecule has 0 spiro atoms. The van der Waals surface area contributed by atoms with Crippen LogP contribution < -0.4 is 18.9 Å². The van der Waals surface area contributed by atoms with E-state index in [1.54, 1.807) is 29.8 Å². The molecule has 0 radical (unpaired) electrons. The lowest BCUT2D eigenvalue weighted by atomic mass is 9.67. The summed E-state index contributed by atoms with van der Waals surface area (Å²) in [5.74, 6) is 3.46. The van der Waals surface area contributed by atoms with Crippen LogP contribution in [0.1, 0.15) is 277 Å². The van der Waals surface area contributed by atoms with Gasteiger partial charge in [-0.05, 0) is 102 Å². The topological polar surface area (TPSA) is 71.1 Å². The summed E-state index contributed by atoms with van der Waals surface area (Å²) in [6, 6.07) is 40.2. The van der Waals surface area contributed by atoms with Crippen molar-refractivity contribution in [2.24, 2.45) is 0 Å². The summed E-state index contributed by atoms with van der Waals surface area (Å²) in [6.07, 6.45) is 40.6. The molecule has 4 aromatic carbocycles. The maximum Gasteiger partial charge on any atom is 0.160 e. The highest BCUT2D eigenvalue weighted by molar-refractivity contribution is 7.37. The van der Waals surface area contributed by atoms with Crippen molar-refractivity contribution >= 4 is 109 Å². The first-order valence-corrected chi connectivity index (χ1v) is 41.3. The van der Waals surface area contributed by atoms with Crippen LogP contribution in [0.15, 0.2) is 109 Å². The molecule has 6 heterocycles. The number of methoxy groups -OCH3 is 1. The lowest BCUT2D eigenvalue weighted by molar-refractivity contribution is 0.111. The SMILES string of the molecule is CCCCCCCCCCCCOc1ccc(C2(c3ccc(OC)cc3)c3c(sc4cc(C=O)sc34)-c3sc4c5c(sc4c32)-c2sc3cc(C=O)sc3c2C5(c2ccc(OCCCCCCCCCCCC)cc2)c2ccc(OCCCCCCCCCCCC)cc2)cc1. The van der Waals surface area contributed by atoms with Crippen molar-refractivity contribution in [1.82, 2.24) is 0 Å². The first kappa shape index (κ1) is 69.3. The largest absolute Gasteiger partial charge is 0.497 e. The average Bonchev–Trinajstić information content (AvgIpc) is 1.48. The van der Waals surface area contributed by atoms with E-state index in [0.717, 1.165) is 89.8 Å². The Morgan fingerprint density at radius 3 is 0.832 bits per heavy atom. The van der Waals surface area contributed by atoms with Gasteiger partial charge in [-0.25, -0.2) is 0 Å². The normalized spacial score (nSPS) is 14.4. The van der Waals surface area contributed by atoms with Crippen LogP contribution >= 0.6 is 68.0 Å². The number of ether oxygens (including phenoxy) is 4. The Kier molecular flexibility index (Phi) is 24.6. The van der Waals surface area contributed by atoms with Gasteiger partial charge in [0, 0.05) is 31.7 Å². The Morgan fingerprint density at radius 1 is 0.305 bits per heavy atom. The van der Waals surface area contributed by atoms with E-state index < -0.39 is 10.8 Å². The van der Waals surface area contributed by atoms with E-state index in [-0.39, 0.29) is 0 Å². The number of fused-ring (bicyclic) bond motifs is 13. The van der Waals surface area contributed by atoms with Crippen LogP contribution in [-0.4, -0.2) is 39.5 Å². The zero-order valence-electron chi connectivity index (χ0n) is 56.8. The number of benzene rings is 4. The average molecular weight is 1380 g/mol. The molecule has 1 atom stereocenters. The van der Waals surface area contributed by atoms with Gasteiger partial charge in [0.15, 0.2) is 12.6 Å². The van der Waals surface area contributed by atoms with Crippen LogP contribution in [0, 0.1) is 0 Å². The van der Waals surface area contributed by atoms with E-state index in [1.165, 1.54) is 240 Å². The Balaban J connectivity index is 0.941. The number of hydrogen-bond acceptors (Lipinski definition) is 12. The molecule has 95 heavy (non-hydrogen) atoms. The molecule has 0 saturated heterocycles. The molecule has 0 bridgehead atoms. The minimum absolute atomic E-state index is 0.694. The molecule has 6 nitrogen and oxygen atoms in total. The molecule has 0 fully saturated rings. The predicted molar refractivity (Wildman–Crippen MR) is 410 cm³/mol. The van der Waals surface area contributed by atoms with Crippen LogP contribution in [0.4, 0.5) is 0 Å². The zero-order chi connectivity index (χ0) is 65.4. The van der Waals surface area contributed by atoms with E-state index in [1.807, 2.05) is 45.3 Å². The fraction of sp³-hybridized carbons (Fsp3) is 0.470. The minimum Gasteiger partial charge on any atom is -0.497 e. The fourth-order valence-corrected chi connectivity index (χ4v) is 23.7. The first-order chi connectivity index (χ1) is 46.9. The van der Waals surface area contributed by atoms with Crippen molar-refractivity contribution in [2.75, 3.05) is 26.9 Å². The number of thiophene rings is 6. The van der Waals surface area contributed by atoms with Crippen molar-refractivity contribution in [1.29, 1.82) is 0 Å². The van der Waals surface area contributed by atoms with Gasteiger partial charge in [-0.15, -0.1) is 68.0 Å². The molecule has 1 unspecified atom stereocenters. The van der Waals surface area contributed by atoms with Crippen molar-refractivity contribution < 1.29 is 28.5 Å². The zero-order valence-corrected chi connectivity index (χ0v) is 61.7. The van der Waals surface area contributed by atoms with Gasteiger partial charge in [0.1, 0.15) is 23.0 Å². The second-order valence-electron chi connectivity index (χ2n) is 26.7. The van der Waals surface area contributed by atoms with Gasteiger partial charge in [-0.3, -0.25) is 9.59 Å². The van der Waals surface area contributed by atoms with Crippen molar-refractivity contribution in [3.8, 4) is 42.5 Å². The summed E-state index contributed by atoms with van der Waals surface area (Å²) in [4.78, 5) is 32.2. The van der Waals surface area contributed by atoms with Gasteiger partial charge in [-0.2, -0.15) is 0 Å². The third-order valence-electron chi connectivity index (χ3n) is 20.1. The molecule has 12 rings (SSSR count). The Labute approximate surface area is 589 Å². The van der Waals surface area contributed by atoms with Crippen molar-refractivity contribution in [3.63, 3.8) is 0 Å². The molecule has 2 aliphatic carbocycles. The van der Waals surface area contributed by atoms with Crippen molar-refractivity contribution in [2.45, 2.75) is 224 Å². The molecule has 0 N–H and O–H groups in total. The molecular weight excluding hydrogens is 1290 g/mol. The predicted octanol–water partition coefficient (Wildman–Crippen LogP) is 26.8. The van der Waals surface area contributed by atoms with E-state index in [0.29, 0.717) is 19.8 Å². The summed E-state index contributed by atoms with van der Waals surface area (Å²) in [5.41, 5.74) is 8.23. The monoisotopic (exact) mass is 1380 g/mol. The molecule has 0 saturated carbocycles. The van der Waals surface area contributed by atoms with Crippen LogP contribution in [-0.2, 0) is 10.8 Å². The molecule has 0 aliphatic heterocycles. The van der Waals surface area contributed by atoms with E-state index >= 15 is 0 Å². The van der Waals surface area contributed by atoms with Gasteiger partial charge in [0.2, 0.25) is 0 Å². The van der Waals surface area contributed by atoms with Crippen LogP contribution in [0.3, 0.4) is 0 Å². The quantitative estimate of drug-likeness (QED) is 0.0280. The first-order valence-electron chi connectivity index (χ1n) is 36.4. The summed E-state index contributed by atoms with van der Waals surface area (Å²) in [7, 11) is 1.74. The van der Waals surface area contributed by atoms with Gasteiger partial charge >= 0.3 is 0 Å². The highest BCUT2D eigenvalue weighted by atomic mass is 32.1. The van der Waals surface area contributed by atoms with E-state index in [9.17, 15) is 9.59 Å². The van der Waals surface area contributed by atoms with Crippen LogP contribution in [0.25, 0.3) is 47.7 Å². The minimum atomic E-state index is -0.775. The number of aldehydes is 2. The molecule has 12 heteroatoms. The molecular formula is C83H98O6S6. The van der Waals surface area contributed by atoms with Gasteiger partial charge in [0.05, 0.1) is 85.8 Å². The van der Waals surface area contributed by atoms with E-state index in [2.05, 4.69) is 130 Å². The van der Waals surface area contributed by atoms with Gasteiger partial charge in [0.25, 0.3) is 0 Å².